The number of carbonyl (C=O) groups excluding carboxylic acids is 1. The van der Waals surface area contributed by atoms with Crippen LogP contribution in [0.15, 0.2) is 18.2 Å². The summed E-state index contributed by atoms with van der Waals surface area (Å²) in [4.78, 5) is 39.7. The van der Waals surface area contributed by atoms with Gasteiger partial charge in [-0.3, -0.25) is 19.4 Å². The van der Waals surface area contributed by atoms with Gasteiger partial charge in [-0.2, -0.15) is 0 Å². The Morgan fingerprint density at radius 2 is 2.00 bits per heavy atom. The zero-order valence-corrected chi connectivity index (χ0v) is 12.9. The van der Waals surface area contributed by atoms with Gasteiger partial charge in [0.05, 0.1) is 6.04 Å². The Bertz CT molecular complexity index is 644. The molecule has 128 valence electrons. The number of amides is 1. The molecule has 0 spiro atoms. The number of nitrogens with two attached hydrogens (primary N) is 1. The molecule has 11 heteroatoms. The molecule has 0 fully saturated rings. The molecule has 0 aliphatic heterocycles. The van der Waals surface area contributed by atoms with Crippen molar-refractivity contribution in [1.29, 1.82) is 0 Å². The highest BCUT2D eigenvalue weighted by Crippen LogP contribution is 2.41. The third-order valence-corrected chi connectivity index (χ3v) is 3.20. The van der Waals surface area contributed by atoms with Gasteiger partial charge in [0.25, 0.3) is 0 Å². The number of hydrogen-bond donors (Lipinski definition) is 6. The van der Waals surface area contributed by atoms with E-state index in [0.29, 0.717) is 5.56 Å². The Morgan fingerprint density at radius 1 is 1.39 bits per heavy atom. The first kappa shape index (κ1) is 18.9. The van der Waals surface area contributed by atoms with Gasteiger partial charge >= 0.3 is 13.8 Å². The molecule has 0 radical (unpaired) electrons. The quantitative estimate of drug-likeness (QED) is 0.348. The second-order valence-corrected chi connectivity index (χ2v) is 5.93. The van der Waals surface area contributed by atoms with Crippen LogP contribution in [0.5, 0.6) is 11.5 Å². The number of rotatable bonds is 7. The van der Waals surface area contributed by atoms with Crippen molar-refractivity contribution in [3.8, 4) is 11.5 Å². The number of hydrogen-bond acceptors (Lipinski definition) is 6. The molecule has 0 bridgehead atoms. The largest absolute Gasteiger partial charge is 0.524 e. The SMILES string of the molecule is C[C@H](NC(=O)[C@@H](N)Cc1ccc(OP(=O)(O)O)c(O)c1)C(=O)O. The van der Waals surface area contributed by atoms with Crippen molar-refractivity contribution in [3.63, 3.8) is 0 Å². The van der Waals surface area contributed by atoms with Gasteiger partial charge in [-0.05, 0) is 31.0 Å². The molecular weight excluding hydrogens is 331 g/mol. The van der Waals surface area contributed by atoms with Crippen molar-refractivity contribution in [2.45, 2.75) is 25.4 Å². The fourth-order valence-electron chi connectivity index (χ4n) is 1.62. The summed E-state index contributed by atoms with van der Waals surface area (Å²) in [5, 5.41) is 20.5. The zero-order valence-electron chi connectivity index (χ0n) is 12.0. The topological polar surface area (TPSA) is 179 Å². The number of phenolic OH excluding ortho intramolecular Hbond substituents is 1. The maximum Gasteiger partial charge on any atom is 0.524 e. The molecule has 10 nitrogen and oxygen atoms in total. The summed E-state index contributed by atoms with van der Waals surface area (Å²) in [6.45, 7) is 1.28. The van der Waals surface area contributed by atoms with Crippen LogP contribution in [-0.2, 0) is 20.6 Å². The molecule has 1 aromatic rings. The number of nitrogens with one attached hydrogen (secondary N) is 1. The summed E-state index contributed by atoms with van der Waals surface area (Å²) < 4.78 is 15.0. The number of phosphoric acid groups is 1. The lowest BCUT2D eigenvalue weighted by Crippen LogP contribution is -2.48. The fraction of sp³-hybridized carbons (Fsp3) is 0.333. The monoisotopic (exact) mass is 348 g/mol. The van der Waals surface area contributed by atoms with Gasteiger partial charge in [0.1, 0.15) is 6.04 Å². The van der Waals surface area contributed by atoms with Crippen molar-refractivity contribution in [2.24, 2.45) is 5.73 Å². The molecule has 0 aromatic heterocycles. The lowest BCUT2D eigenvalue weighted by atomic mass is 10.1. The smallest absolute Gasteiger partial charge is 0.504 e. The van der Waals surface area contributed by atoms with Crippen LogP contribution < -0.4 is 15.6 Å². The first-order valence-corrected chi connectivity index (χ1v) is 7.88. The van der Waals surface area contributed by atoms with Crippen molar-refractivity contribution < 1.29 is 38.7 Å². The number of carboxylic acids is 1. The summed E-state index contributed by atoms with van der Waals surface area (Å²) in [5.74, 6) is -2.84. The molecule has 0 saturated carbocycles. The molecule has 1 aromatic carbocycles. The van der Waals surface area contributed by atoms with Gasteiger partial charge < -0.3 is 25.8 Å². The first-order chi connectivity index (χ1) is 10.5. The maximum absolute atomic E-state index is 11.7. The van der Waals surface area contributed by atoms with Gasteiger partial charge in [-0.25, -0.2) is 4.57 Å². The summed E-state index contributed by atoms with van der Waals surface area (Å²) in [5.41, 5.74) is 6.04. The van der Waals surface area contributed by atoms with E-state index in [2.05, 4.69) is 9.84 Å². The Morgan fingerprint density at radius 3 is 2.48 bits per heavy atom. The van der Waals surface area contributed by atoms with Crippen LogP contribution in [0.1, 0.15) is 12.5 Å². The van der Waals surface area contributed by atoms with Crippen LogP contribution >= 0.6 is 7.82 Å². The van der Waals surface area contributed by atoms with Gasteiger partial charge in [-0.15, -0.1) is 0 Å². The van der Waals surface area contributed by atoms with Crippen LogP contribution in [0.4, 0.5) is 0 Å². The van der Waals surface area contributed by atoms with Gasteiger partial charge in [-0.1, -0.05) is 6.07 Å². The lowest BCUT2D eigenvalue weighted by molar-refractivity contribution is -0.141. The van der Waals surface area contributed by atoms with Crippen LogP contribution in [0.3, 0.4) is 0 Å². The number of aliphatic carboxylic acids is 1. The Labute approximate surface area is 131 Å². The lowest BCUT2D eigenvalue weighted by Gasteiger charge is -2.15. The Kier molecular flexibility index (Phi) is 6.11. The fourth-order valence-corrected chi connectivity index (χ4v) is 2.03. The highest BCUT2D eigenvalue weighted by molar-refractivity contribution is 7.46. The predicted molar refractivity (Wildman–Crippen MR) is 77.7 cm³/mol. The van der Waals surface area contributed by atoms with Gasteiger partial charge in [0.2, 0.25) is 5.91 Å². The highest BCUT2D eigenvalue weighted by atomic mass is 31.2. The molecule has 0 aliphatic rings. The molecule has 0 saturated heterocycles. The molecular formula is C12H17N2O8P. The van der Waals surface area contributed by atoms with E-state index in [1.807, 2.05) is 0 Å². The molecule has 0 heterocycles. The van der Waals surface area contributed by atoms with Crippen LogP contribution in [0, 0.1) is 0 Å². The summed E-state index contributed by atoms with van der Waals surface area (Å²) in [7, 11) is -4.80. The molecule has 1 rings (SSSR count). The van der Waals surface area contributed by atoms with Crippen molar-refractivity contribution in [2.75, 3.05) is 0 Å². The van der Waals surface area contributed by atoms with Gasteiger partial charge in [0, 0.05) is 0 Å². The van der Waals surface area contributed by atoms with E-state index in [-0.39, 0.29) is 6.42 Å². The summed E-state index contributed by atoms with van der Waals surface area (Å²) in [6, 6.07) is 1.46. The maximum atomic E-state index is 11.7. The van der Waals surface area contributed by atoms with Gasteiger partial charge in [0.15, 0.2) is 11.5 Å². The number of benzene rings is 1. The van der Waals surface area contributed by atoms with Crippen LogP contribution in [0.2, 0.25) is 0 Å². The molecule has 7 N–H and O–H groups in total. The minimum Gasteiger partial charge on any atom is -0.504 e. The van der Waals surface area contributed by atoms with Crippen LogP contribution in [-0.4, -0.2) is 44.0 Å². The van der Waals surface area contributed by atoms with E-state index in [4.69, 9.17) is 20.6 Å². The molecule has 0 unspecified atom stereocenters. The molecule has 23 heavy (non-hydrogen) atoms. The zero-order chi connectivity index (χ0) is 17.8. The third-order valence-electron chi connectivity index (χ3n) is 2.76. The standard InChI is InChI=1S/C12H17N2O8P/c1-6(12(17)18)14-11(16)8(13)4-7-2-3-10(9(15)5-7)22-23(19,20)21/h2-3,5-6,8,15H,4,13H2,1H3,(H,14,16)(H,17,18)(H2,19,20,21)/t6-,8-/m0/s1. The molecule has 2 atom stereocenters. The van der Waals surface area contributed by atoms with E-state index in [1.165, 1.54) is 13.0 Å². The van der Waals surface area contributed by atoms with E-state index >= 15 is 0 Å². The summed E-state index contributed by atoms with van der Waals surface area (Å²) >= 11 is 0. The Hall–Kier alpha value is -2.13. The number of aromatic hydroxyl groups is 1. The second kappa shape index (κ2) is 7.42. The van der Waals surface area contributed by atoms with E-state index in [1.54, 1.807) is 0 Å². The third kappa shape index (κ3) is 6.25. The highest BCUT2D eigenvalue weighted by Gasteiger charge is 2.21. The first-order valence-electron chi connectivity index (χ1n) is 6.35. The van der Waals surface area contributed by atoms with Crippen molar-refractivity contribution >= 4 is 19.7 Å². The average molecular weight is 348 g/mol. The number of phosphoric ester groups is 1. The predicted octanol–water partition coefficient (Wildman–Crippen LogP) is -0.677. The minimum atomic E-state index is -4.80. The minimum absolute atomic E-state index is 0.0259. The number of carbonyl (C=O) groups is 2. The van der Waals surface area contributed by atoms with E-state index in [0.717, 1.165) is 12.1 Å². The second-order valence-electron chi connectivity index (χ2n) is 4.76. The Balaban J connectivity index is 2.74. The van der Waals surface area contributed by atoms with Crippen LogP contribution in [0.25, 0.3) is 0 Å². The number of phenols is 1. The number of carboxylic acid groups (broad SMARTS) is 1. The van der Waals surface area contributed by atoms with Crippen molar-refractivity contribution in [1.82, 2.24) is 5.32 Å². The normalized spacial score (nSPS) is 13.9. The van der Waals surface area contributed by atoms with E-state index in [9.17, 15) is 19.3 Å². The molecule has 1 amide bonds. The summed E-state index contributed by atoms with van der Waals surface area (Å²) in [6.07, 6.45) is -0.0259. The average Bonchev–Trinajstić information content (AvgIpc) is 2.40. The van der Waals surface area contributed by atoms with E-state index < -0.39 is 43.3 Å². The molecule has 0 aliphatic carbocycles. The van der Waals surface area contributed by atoms with Crippen molar-refractivity contribution in [3.05, 3.63) is 23.8 Å².